The van der Waals surface area contributed by atoms with E-state index in [-0.39, 0.29) is 36.5 Å². The maximum atomic E-state index is 13.1. The summed E-state index contributed by atoms with van der Waals surface area (Å²) in [6.45, 7) is 0.367. The largest absolute Gasteiger partial charge is 0.461 e. The van der Waals surface area contributed by atoms with Gasteiger partial charge in [0.15, 0.2) is 5.76 Å². The second-order valence-electron chi connectivity index (χ2n) is 6.79. The van der Waals surface area contributed by atoms with Crippen molar-refractivity contribution in [2.24, 2.45) is 0 Å². The van der Waals surface area contributed by atoms with Crippen molar-refractivity contribution in [3.05, 3.63) is 54.4 Å². The molecule has 4 rings (SSSR count). The first-order chi connectivity index (χ1) is 14.1. The Bertz CT molecular complexity index is 984. The number of hydrogen-bond donors (Lipinski definition) is 1. The Balaban J connectivity index is 1.23. The Morgan fingerprint density at radius 3 is 2.86 bits per heavy atom. The molecule has 150 valence electrons. The molecule has 29 heavy (non-hydrogen) atoms. The number of carbonyl (C=O) groups is 2. The lowest BCUT2D eigenvalue weighted by Crippen LogP contribution is -2.37. The molecule has 3 heterocycles. The SMILES string of the molecule is O=C(CCCc1nc(-c2ccco2)no1)N[C@H]1CC(=O)N(c2ccc(F)cc2)C1. The first-order valence-electron chi connectivity index (χ1n) is 9.30. The van der Waals surface area contributed by atoms with Gasteiger partial charge in [0.25, 0.3) is 0 Å². The van der Waals surface area contributed by atoms with Crippen molar-refractivity contribution in [1.82, 2.24) is 15.5 Å². The molecule has 8 nitrogen and oxygen atoms in total. The number of nitrogens with zero attached hydrogens (tertiary/aromatic N) is 3. The van der Waals surface area contributed by atoms with E-state index in [1.165, 1.54) is 18.4 Å². The highest BCUT2D eigenvalue weighted by atomic mass is 19.1. The molecule has 1 aromatic carbocycles. The van der Waals surface area contributed by atoms with Crippen LogP contribution in [0.5, 0.6) is 0 Å². The molecular formula is C20H19FN4O4. The van der Waals surface area contributed by atoms with Gasteiger partial charge < -0.3 is 19.2 Å². The third-order valence-electron chi connectivity index (χ3n) is 4.63. The second kappa shape index (κ2) is 8.26. The summed E-state index contributed by atoms with van der Waals surface area (Å²) >= 11 is 0. The number of aromatic nitrogens is 2. The maximum Gasteiger partial charge on any atom is 0.238 e. The second-order valence-corrected chi connectivity index (χ2v) is 6.79. The van der Waals surface area contributed by atoms with E-state index in [2.05, 4.69) is 15.5 Å². The first kappa shape index (κ1) is 18.9. The van der Waals surface area contributed by atoms with Crippen LogP contribution in [0.3, 0.4) is 0 Å². The van der Waals surface area contributed by atoms with Crippen LogP contribution in [0.2, 0.25) is 0 Å². The summed E-state index contributed by atoms with van der Waals surface area (Å²) in [5.41, 5.74) is 0.622. The number of furan rings is 1. The third-order valence-corrected chi connectivity index (χ3v) is 4.63. The Labute approximate surface area is 165 Å². The highest BCUT2D eigenvalue weighted by Crippen LogP contribution is 2.22. The fraction of sp³-hybridized carbons (Fsp3) is 0.300. The van der Waals surface area contributed by atoms with Crippen molar-refractivity contribution in [2.45, 2.75) is 31.7 Å². The Hall–Kier alpha value is -3.49. The fourth-order valence-corrected chi connectivity index (χ4v) is 3.24. The number of nitrogens with one attached hydrogen (secondary N) is 1. The molecule has 0 unspecified atom stereocenters. The van der Waals surface area contributed by atoms with Crippen LogP contribution in [0.15, 0.2) is 51.6 Å². The minimum Gasteiger partial charge on any atom is -0.461 e. The molecule has 1 saturated heterocycles. The topological polar surface area (TPSA) is 101 Å². The van der Waals surface area contributed by atoms with Gasteiger partial charge in [-0.2, -0.15) is 4.98 Å². The zero-order chi connectivity index (χ0) is 20.2. The number of hydrogen-bond acceptors (Lipinski definition) is 6. The highest BCUT2D eigenvalue weighted by Gasteiger charge is 2.31. The van der Waals surface area contributed by atoms with Crippen LogP contribution < -0.4 is 10.2 Å². The summed E-state index contributed by atoms with van der Waals surface area (Å²) < 4.78 is 23.4. The smallest absolute Gasteiger partial charge is 0.238 e. The van der Waals surface area contributed by atoms with Crippen molar-refractivity contribution in [2.75, 3.05) is 11.4 Å². The van der Waals surface area contributed by atoms with Crippen LogP contribution in [0.25, 0.3) is 11.6 Å². The van der Waals surface area contributed by atoms with Gasteiger partial charge in [-0.1, -0.05) is 5.16 Å². The van der Waals surface area contributed by atoms with Gasteiger partial charge >= 0.3 is 0 Å². The number of aryl methyl sites for hydroxylation is 1. The first-order valence-corrected chi connectivity index (χ1v) is 9.30. The van der Waals surface area contributed by atoms with Crippen molar-refractivity contribution in [1.29, 1.82) is 0 Å². The number of carbonyl (C=O) groups excluding carboxylic acids is 2. The number of halogens is 1. The molecule has 0 aliphatic carbocycles. The standard InChI is InChI=1S/C20H19FN4O4/c21-13-6-8-15(9-7-13)25-12-14(11-19(25)27)22-17(26)4-1-5-18-23-20(24-29-18)16-3-2-10-28-16/h2-3,6-10,14H,1,4-5,11-12H2,(H,22,26)/t14-/m0/s1. The molecule has 1 atom stereocenters. The molecule has 3 aromatic rings. The lowest BCUT2D eigenvalue weighted by molar-refractivity contribution is -0.121. The molecule has 0 bridgehead atoms. The van der Waals surface area contributed by atoms with E-state index in [4.69, 9.17) is 8.94 Å². The van der Waals surface area contributed by atoms with Gasteiger partial charge in [-0.3, -0.25) is 9.59 Å². The van der Waals surface area contributed by atoms with Crippen LogP contribution in [0.4, 0.5) is 10.1 Å². The summed E-state index contributed by atoms with van der Waals surface area (Å²) in [6.07, 6.45) is 3.03. The minimum atomic E-state index is -0.359. The summed E-state index contributed by atoms with van der Waals surface area (Å²) in [5.74, 6) is 0.729. The summed E-state index contributed by atoms with van der Waals surface area (Å²) in [6, 6.07) is 8.93. The highest BCUT2D eigenvalue weighted by molar-refractivity contribution is 5.96. The van der Waals surface area contributed by atoms with E-state index in [0.29, 0.717) is 42.5 Å². The molecule has 1 aliphatic rings. The summed E-state index contributed by atoms with van der Waals surface area (Å²) in [7, 11) is 0. The van der Waals surface area contributed by atoms with Crippen LogP contribution >= 0.6 is 0 Å². The van der Waals surface area contributed by atoms with Crippen molar-refractivity contribution >= 4 is 17.5 Å². The number of amides is 2. The molecule has 0 spiro atoms. The van der Waals surface area contributed by atoms with E-state index < -0.39 is 0 Å². The van der Waals surface area contributed by atoms with Crippen molar-refractivity contribution in [3.63, 3.8) is 0 Å². The Morgan fingerprint density at radius 1 is 1.28 bits per heavy atom. The molecule has 0 radical (unpaired) electrons. The maximum absolute atomic E-state index is 13.1. The van der Waals surface area contributed by atoms with Crippen LogP contribution in [0.1, 0.15) is 25.2 Å². The quantitative estimate of drug-likeness (QED) is 0.657. The lowest BCUT2D eigenvalue weighted by Gasteiger charge is -2.17. The Morgan fingerprint density at radius 2 is 2.10 bits per heavy atom. The van der Waals surface area contributed by atoms with E-state index in [1.54, 1.807) is 29.2 Å². The molecule has 2 aromatic heterocycles. The van der Waals surface area contributed by atoms with Gasteiger partial charge in [0.1, 0.15) is 5.82 Å². The van der Waals surface area contributed by atoms with Crippen molar-refractivity contribution in [3.8, 4) is 11.6 Å². The summed E-state index contributed by atoms with van der Waals surface area (Å²) in [5, 5.41) is 6.72. The molecule has 1 fully saturated rings. The lowest BCUT2D eigenvalue weighted by atomic mass is 10.2. The van der Waals surface area contributed by atoms with E-state index in [0.717, 1.165) is 0 Å². The van der Waals surface area contributed by atoms with E-state index >= 15 is 0 Å². The molecule has 9 heteroatoms. The zero-order valence-electron chi connectivity index (χ0n) is 15.5. The zero-order valence-corrected chi connectivity index (χ0v) is 15.5. The molecule has 1 N–H and O–H groups in total. The third kappa shape index (κ3) is 4.50. The minimum absolute atomic E-state index is 0.0989. The van der Waals surface area contributed by atoms with Gasteiger partial charge in [-0.25, -0.2) is 4.39 Å². The van der Waals surface area contributed by atoms with Gasteiger partial charge in [0.2, 0.25) is 23.5 Å². The van der Waals surface area contributed by atoms with Crippen LogP contribution in [-0.2, 0) is 16.0 Å². The average Bonchev–Trinajstić information content (AvgIpc) is 3.43. The van der Waals surface area contributed by atoms with Crippen LogP contribution in [0, 0.1) is 5.82 Å². The normalized spacial score (nSPS) is 16.4. The number of rotatable bonds is 7. The molecule has 0 saturated carbocycles. The van der Waals surface area contributed by atoms with Gasteiger partial charge in [0, 0.05) is 31.5 Å². The van der Waals surface area contributed by atoms with Gasteiger partial charge in [0.05, 0.1) is 12.3 Å². The average molecular weight is 398 g/mol. The van der Waals surface area contributed by atoms with Crippen molar-refractivity contribution < 1.29 is 22.9 Å². The fourth-order valence-electron chi connectivity index (χ4n) is 3.24. The predicted octanol–water partition coefficient (Wildman–Crippen LogP) is 2.71. The van der Waals surface area contributed by atoms with Gasteiger partial charge in [-0.15, -0.1) is 0 Å². The van der Waals surface area contributed by atoms with Gasteiger partial charge in [-0.05, 0) is 42.8 Å². The van der Waals surface area contributed by atoms with E-state index in [1.807, 2.05) is 0 Å². The van der Waals surface area contributed by atoms with Crippen LogP contribution in [-0.4, -0.2) is 34.5 Å². The molecule has 2 amide bonds. The molecule has 1 aliphatic heterocycles. The summed E-state index contributed by atoms with van der Waals surface area (Å²) in [4.78, 5) is 30.2. The number of benzene rings is 1. The predicted molar refractivity (Wildman–Crippen MR) is 100 cm³/mol. The van der Waals surface area contributed by atoms with E-state index in [9.17, 15) is 14.0 Å². The molecular weight excluding hydrogens is 379 g/mol. The monoisotopic (exact) mass is 398 g/mol. The Kier molecular flexibility index (Phi) is 5.37. The number of anilines is 1.